The van der Waals surface area contributed by atoms with Crippen molar-refractivity contribution in [1.82, 2.24) is 14.9 Å². The van der Waals surface area contributed by atoms with Gasteiger partial charge in [-0.1, -0.05) is 30.3 Å². The average molecular weight is 331 g/mol. The van der Waals surface area contributed by atoms with Gasteiger partial charge in [-0.2, -0.15) is 0 Å². The van der Waals surface area contributed by atoms with Gasteiger partial charge in [-0.15, -0.1) is 0 Å². The Labute approximate surface area is 135 Å². The fraction of sp³-hybridized carbons (Fsp3) is 0.312. The summed E-state index contributed by atoms with van der Waals surface area (Å²) in [6.07, 6.45) is 4.73. The van der Waals surface area contributed by atoms with Crippen LogP contribution in [0, 0.1) is 0 Å². The number of aromatic nitrogens is 2. The molecule has 120 valence electrons. The molecular weight excluding hydrogens is 314 g/mol. The topological polar surface area (TPSA) is 80.2 Å². The van der Waals surface area contributed by atoms with Gasteiger partial charge in [-0.05, 0) is 12.0 Å². The van der Waals surface area contributed by atoms with Gasteiger partial charge in [0.15, 0.2) is 9.84 Å². The minimum Gasteiger partial charge on any atom is -0.336 e. The van der Waals surface area contributed by atoms with Crippen molar-refractivity contribution in [2.24, 2.45) is 0 Å². The number of rotatable bonds is 2. The molecule has 23 heavy (non-hydrogen) atoms. The van der Waals surface area contributed by atoms with E-state index in [0.29, 0.717) is 13.0 Å². The Morgan fingerprint density at radius 1 is 1.13 bits per heavy atom. The molecule has 1 unspecified atom stereocenters. The predicted molar refractivity (Wildman–Crippen MR) is 85.5 cm³/mol. The minimum absolute atomic E-state index is 0.0431. The van der Waals surface area contributed by atoms with Gasteiger partial charge in [0.05, 0.1) is 17.2 Å². The van der Waals surface area contributed by atoms with E-state index in [0.717, 1.165) is 5.56 Å². The quantitative estimate of drug-likeness (QED) is 0.833. The first-order valence-electron chi connectivity index (χ1n) is 7.40. The van der Waals surface area contributed by atoms with Crippen LogP contribution in [0.15, 0.2) is 48.9 Å². The second-order valence-corrected chi connectivity index (χ2v) is 7.74. The molecule has 7 heteroatoms. The molecule has 0 aliphatic carbocycles. The largest absolute Gasteiger partial charge is 0.336 e. The molecule has 0 spiro atoms. The molecule has 0 N–H and O–H groups in total. The van der Waals surface area contributed by atoms with Crippen LogP contribution in [0.1, 0.15) is 27.7 Å². The van der Waals surface area contributed by atoms with Gasteiger partial charge in [0.1, 0.15) is 5.69 Å². The summed E-state index contributed by atoms with van der Waals surface area (Å²) in [5, 5.41) is -0.566. The first kappa shape index (κ1) is 15.6. The molecule has 2 aromatic rings. The third kappa shape index (κ3) is 3.39. The van der Waals surface area contributed by atoms with Gasteiger partial charge < -0.3 is 4.90 Å². The van der Waals surface area contributed by atoms with Gasteiger partial charge in [0, 0.05) is 25.5 Å². The number of nitrogens with zero attached hydrogens (tertiary/aromatic N) is 3. The van der Waals surface area contributed by atoms with Crippen LogP contribution >= 0.6 is 0 Å². The summed E-state index contributed by atoms with van der Waals surface area (Å²) in [5.74, 6) is -0.319. The van der Waals surface area contributed by atoms with Crippen molar-refractivity contribution >= 4 is 15.7 Å². The van der Waals surface area contributed by atoms with Crippen molar-refractivity contribution in [3.8, 4) is 0 Å². The van der Waals surface area contributed by atoms with Gasteiger partial charge in [-0.25, -0.2) is 13.4 Å². The highest BCUT2D eigenvalue weighted by atomic mass is 32.2. The van der Waals surface area contributed by atoms with Gasteiger partial charge in [0.2, 0.25) is 0 Å². The molecule has 1 aliphatic heterocycles. The highest BCUT2D eigenvalue weighted by Gasteiger charge is 2.33. The molecule has 3 rings (SSSR count). The van der Waals surface area contributed by atoms with Crippen molar-refractivity contribution in [1.29, 1.82) is 0 Å². The lowest BCUT2D eigenvalue weighted by molar-refractivity contribution is 0.0760. The maximum absolute atomic E-state index is 12.5. The Morgan fingerprint density at radius 2 is 1.91 bits per heavy atom. The Balaban J connectivity index is 1.82. The predicted octanol–water partition coefficient (Wildman–Crippen LogP) is 1.48. The van der Waals surface area contributed by atoms with E-state index in [1.54, 1.807) is 4.90 Å². The van der Waals surface area contributed by atoms with Crippen LogP contribution in [0.25, 0.3) is 0 Å². The summed E-state index contributed by atoms with van der Waals surface area (Å²) < 4.78 is 25.1. The van der Waals surface area contributed by atoms with Gasteiger partial charge in [-0.3, -0.25) is 9.78 Å². The number of sulfone groups is 1. The zero-order valence-corrected chi connectivity index (χ0v) is 13.3. The van der Waals surface area contributed by atoms with Crippen LogP contribution < -0.4 is 0 Å². The van der Waals surface area contributed by atoms with Crippen LogP contribution in [0.2, 0.25) is 0 Å². The standard InChI is InChI=1S/C16H17N3O3S/c20-16(14-12-17-7-8-18-14)19-9-6-15(23(21,22)11-10-19)13-4-2-1-3-5-13/h1-5,7-8,12,15H,6,9-11H2. The second kappa shape index (κ2) is 6.45. The third-order valence-electron chi connectivity index (χ3n) is 3.98. The van der Waals surface area contributed by atoms with Crippen molar-refractivity contribution in [3.05, 3.63) is 60.2 Å². The molecular formula is C16H17N3O3S. The van der Waals surface area contributed by atoms with Crippen molar-refractivity contribution in [3.63, 3.8) is 0 Å². The number of hydrogen-bond donors (Lipinski definition) is 0. The maximum Gasteiger partial charge on any atom is 0.274 e. The summed E-state index contributed by atoms with van der Waals surface area (Å²) in [6, 6.07) is 9.16. The summed E-state index contributed by atoms with van der Waals surface area (Å²) in [6.45, 7) is 0.565. The number of carbonyl (C=O) groups is 1. The van der Waals surface area contributed by atoms with Gasteiger partial charge >= 0.3 is 0 Å². The normalized spacial score (nSPS) is 20.7. The van der Waals surface area contributed by atoms with Crippen molar-refractivity contribution in [2.45, 2.75) is 11.7 Å². The lowest BCUT2D eigenvalue weighted by Gasteiger charge is -2.19. The van der Waals surface area contributed by atoms with E-state index < -0.39 is 15.1 Å². The number of carbonyl (C=O) groups excluding carboxylic acids is 1. The Morgan fingerprint density at radius 3 is 2.61 bits per heavy atom. The van der Waals surface area contributed by atoms with E-state index in [2.05, 4.69) is 9.97 Å². The summed E-state index contributed by atoms with van der Waals surface area (Å²) >= 11 is 0. The van der Waals surface area contributed by atoms with Crippen LogP contribution in [0.4, 0.5) is 0 Å². The second-order valence-electron chi connectivity index (χ2n) is 5.44. The first-order valence-corrected chi connectivity index (χ1v) is 9.11. The minimum atomic E-state index is -3.29. The van der Waals surface area contributed by atoms with Crippen LogP contribution in [0.5, 0.6) is 0 Å². The molecule has 1 aromatic heterocycles. The monoisotopic (exact) mass is 331 g/mol. The molecule has 1 aliphatic rings. The molecule has 1 amide bonds. The van der Waals surface area contributed by atoms with E-state index in [9.17, 15) is 13.2 Å². The fourth-order valence-electron chi connectivity index (χ4n) is 2.76. The fourth-order valence-corrected chi connectivity index (χ4v) is 4.56. The molecule has 2 heterocycles. The molecule has 6 nitrogen and oxygen atoms in total. The highest BCUT2D eigenvalue weighted by Crippen LogP contribution is 2.29. The van der Waals surface area contributed by atoms with E-state index in [4.69, 9.17) is 0 Å². The van der Waals surface area contributed by atoms with Crippen molar-refractivity contribution in [2.75, 3.05) is 18.8 Å². The molecule has 1 fully saturated rings. The summed E-state index contributed by atoms with van der Waals surface area (Å²) in [5.41, 5.74) is 1.02. The Hall–Kier alpha value is -2.28. The van der Waals surface area contributed by atoms with E-state index in [1.165, 1.54) is 18.6 Å². The first-order chi connectivity index (χ1) is 11.1. The molecule has 0 saturated carbocycles. The third-order valence-corrected chi connectivity index (χ3v) is 6.11. The highest BCUT2D eigenvalue weighted by molar-refractivity contribution is 7.91. The van der Waals surface area contributed by atoms with Crippen LogP contribution in [-0.2, 0) is 9.84 Å². The Kier molecular flexibility index (Phi) is 4.38. The SMILES string of the molecule is O=C(c1cnccn1)N1CCC(c2ccccc2)S(=O)(=O)CC1. The van der Waals surface area contributed by atoms with Crippen LogP contribution in [0.3, 0.4) is 0 Å². The zero-order valence-electron chi connectivity index (χ0n) is 12.5. The Bertz CT molecular complexity index is 779. The number of hydrogen-bond acceptors (Lipinski definition) is 5. The lowest BCUT2D eigenvalue weighted by atomic mass is 10.1. The summed E-state index contributed by atoms with van der Waals surface area (Å²) in [4.78, 5) is 21.9. The molecule has 1 saturated heterocycles. The zero-order chi connectivity index (χ0) is 16.3. The lowest BCUT2D eigenvalue weighted by Crippen LogP contribution is -2.34. The maximum atomic E-state index is 12.5. The molecule has 0 bridgehead atoms. The molecule has 0 radical (unpaired) electrons. The molecule has 1 aromatic carbocycles. The molecule has 1 atom stereocenters. The van der Waals surface area contributed by atoms with E-state index in [1.807, 2.05) is 30.3 Å². The van der Waals surface area contributed by atoms with E-state index in [-0.39, 0.29) is 23.9 Å². The average Bonchev–Trinajstić information content (AvgIpc) is 2.74. The smallest absolute Gasteiger partial charge is 0.274 e. The van der Waals surface area contributed by atoms with E-state index >= 15 is 0 Å². The van der Waals surface area contributed by atoms with Crippen LogP contribution in [-0.4, -0.2) is 48.0 Å². The summed E-state index contributed by atoms with van der Waals surface area (Å²) in [7, 11) is -3.29. The number of amides is 1. The van der Waals surface area contributed by atoms with Gasteiger partial charge in [0.25, 0.3) is 5.91 Å². The van der Waals surface area contributed by atoms with Crippen molar-refractivity contribution < 1.29 is 13.2 Å². The number of benzene rings is 1.